The van der Waals surface area contributed by atoms with E-state index in [1.807, 2.05) is 34.9 Å². The average molecular weight is 331 g/mol. The third-order valence-corrected chi connectivity index (χ3v) is 5.84. The predicted molar refractivity (Wildman–Crippen MR) is 85.0 cm³/mol. The molecule has 23 heavy (non-hydrogen) atoms. The number of pyridine rings is 1. The van der Waals surface area contributed by atoms with E-state index in [2.05, 4.69) is 9.97 Å². The quantitative estimate of drug-likeness (QED) is 0.853. The Morgan fingerprint density at radius 3 is 3.09 bits per heavy atom. The van der Waals surface area contributed by atoms with Gasteiger partial charge < -0.3 is 14.1 Å². The Balaban J connectivity index is 1.27. The van der Waals surface area contributed by atoms with Gasteiger partial charge in [0.05, 0.1) is 23.2 Å². The zero-order valence-corrected chi connectivity index (χ0v) is 13.4. The second kappa shape index (κ2) is 5.98. The molecule has 2 aromatic rings. The summed E-state index contributed by atoms with van der Waals surface area (Å²) in [5.41, 5.74) is 1.33. The van der Waals surface area contributed by atoms with Gasteiger partial charge >= 0.3 is 0 Å². The van der Waals surface area contributed by atoms with E-state index in [0.717, 1.165) is 31.0 Å². The lowest BCUT2D eigenvalue weighted by atomic mass is 9.92. The fourth-order valence-corrected chi connectivity index (χ4v) is 4.64. The number of likely N-dealkylation sites (tertiary alicyclic amines) is 1. The average Bonchev–Trinajstić information content (AvgIpc) is 3.22. The molecule has 2 aliphatic heterocycles. The van der Waals surface area contributed by atoms with Crippen molar-refractivity contribution >= 4 is 17.7 Å². The molecule has 120 valence electrons. The molecule has 2 saturated heterocycles. The molecule has 0 unspecified atom stereocenters. The predicted octanol–water partition coefficient (Wildman–Crippen LogP) is 1.99. The summed E-state index contributed by atoms with van der Waals surface area (Å²) in [7, 11) is 0. The molecule has 0 saturated carbocycles. The van der Waals surface area contributed by atoms with E-state index >= 15 is 0 Å². The number of rotatable bonds is 4. The van der Waals surface area contributed by atoms with E-state index in [0.29, 0.717) is 12.3 Å². The van der Waals surface area contributed by atoms with E-state index in [1.165, 1.54) is 12.7 Å². The lowest BCUT2D eigenvalue weighted by Crippen LogP contribution is -2.60. The monoisotopic (exact) mass is 331 g/mol. The van der Waals surface area contributed by atoms with Crippen molar-refractivity contribution in [2.45, 2.75) is 23.9 Å². The molecule has 1 amide bonds. The van der Waals surface area contributed by atoms with Crippen LogP contribution < -0.4 is 0 Å². The van der Waals surface area contributed by atoms with E-state index in [9.17, 15) is 4.79 Å². The van der Waals surface area contributed by atoms with Crippen LogP contribution in [0.2, 0.25) is 0 Å². The van der Waals surface area contributed by atoms with Crippen molar-refractivity contribution in [1.82, 2.24) is 14.9 Å². The Bertz CT molecular complexity index is 671. The van der Waals surface area contributed by atoms with Crippen LogP contribution in [0.1, 0.15) is 22.6 Å². The van der Waals surface area contributed by atoms with Gasteiger partial charge in [0.1, 0.15) is 6.26 Å². The van der Waals surface area contributed by atoms with Gasteiger partial charge in [0, 0.05) is 25.0 Å². The maximum atomic E-state index is 12.2. The first kappa shape index (κ1) is 14.7. The molecular weight excluding hydrogens is 314 g/mol. The van der Waals surface area contributed by atoms with Crippen molar-refractivity contribution in [1.29, 1.82) is 0 Å². The van der Waals surface area contributed by atoms with Crippen LogP contribution in [0.15, 0.2) is 41.5 Å². The molecule has 2 aliphatic rings. The summed E-state index contributed by atoms with van der Waals surface area (Å²) in [5.74, 6) is 0.918. The SMILES string of the molecule is O=C(c1cocn1)N1CC2(C[C@H](OCc3ccccn3)CS2)C1. The first-order valence-electron chi connectivity index (χ1n) is 7.57. The minimum absolute atomic E-state index is 0.0529. The van der Waals surface area contributed by atoms with Crippen molar-refractivity contribution < 1.29 is 13.9 Å². The maximum Gasteiger partial charge on any atom is 0.275 e. The molecule has 1 spiro atoms. The highest BCUT2D eigenvalue weighted by Gasteiger charge is 2.51. The molecular formula is C16H17N3O3S. The van der Waals surface area contributed by atoms with Crippen LogP contribution in [0.25, 0.3) is 0 Å². The molecule has 2 fully saturated rings. The van der Waals surface area contributed by atoms with Crippen LogP contribution >= 0.6 is 11.8 Å². The van der Waals surface area contributed by atoms with Crippen molar-refractivity contribution in [3.63, 3.8) is 0 Å². The van der Waals surface area contributed by atoms with Gasteiger partial charge in [-0.15, -0.1) is 11.8 Å². The summed E-state index contributed by atoms with van der Waals surface area (Å²) >= 11 is 1.91. The third-order valence-electron chi connectivity index (χ3n) is 4.26. The second-order valence-corrected chi connectivity index (χ2v) is 7.48. The van der Waals surface area contributed by atoms with Gasteiger partial charge in [-0.3, -0.25) is 9.78 Å². The Kier molecular flexibility index (Phi) is 3.82. The lowest BCUT2D eigenvalue weighted by molar-refractivity contribution is 0.0243. The van der Waals surface area contributed by atoms with E-state index in [4.69, 9.17) is 9.15 Å². The van der Waals surface area contributed by atoms with Gasteiger partial charge in [0.2, 0.25) is 0 Å². The smallest absolute Gasteiger partial charge is 0.275 e. The molecule has 0 radical (unpaired) electrons. The summed E-state index contributed by atoms with van der Waals surface area (Å²) in [5, 5.41) is 0. The first-order valence-corrected chi connectivity index (χ1v) is 8.56. The molecule has 2 aromatic heterocycles. The van der Waals surface area contributed by atoms with Crippen LogP contribution in [0.5, 0.6) is 0 Å². The molecule has 4 heterocycles. The van der Waals surface area contributed by atoms with Crippen LogP contribution in [0.4, 0.5) is 0 Å². The van der Waals surface area contributed by atoms with Gasteiger partial charge in [-0.25, -0.2) is 4.98 Å². The minimum Gasteiger partial charge on any atom is -0.451 e. The zero-order chi connectivity index (χ0) is 15.7. The van der Waals surface area contributed by atoms with Crippen molar-refractivity contribution in [3.8, 4) is 0 Å². The Hall–Kier alpha value is -1.86. The first-order chi connectivity index (χ1) is 11.2. The van der Waals surface area contributed by atoms with E-state index in [1.54, 1.807) is 6.20 Å². The number of carbonyl (C=O) groups excluding carboxylic acids is 1. The number of aromatic nitrogens is 2. The Labute approximate surface area is 138 Å². The topological polar surface area (TPSA) is 68.5 Å². The third kappa shape index (κ3) is 2.98. The molecule has 7 heteroatoms. The summed E-state index contributed by atoms with van der Waals surface area (Å²) in [6, 6.07) is 5.84. The molecule has 0 aliphatic carbocycles. The highest BCUT2D eigenvalue weighted by molar-refractivity contribution is 8.01. The highest BCUT2D eigenvalue weighted by atomic mass is 32.2. The van der Waals surface area contributed by atoms with Crippen LogP contribution in [0.3, 0.4) is 0 Å². The summed E-state index contributed by atoms with van der Waals surface area (Å²) in [4.78, 5) is 22.2. The van der Waals surface area contributed by atoms with Crippen molar-refractivity contribution in [2.24, 2.45) is 0 Å². The molecule has 4 rings (SSSR count). The number of thioether (sulfide) groups is 1. The van der Waals surface area contributed by atoms with Crippen LogP contribution in [-0.2, 0) is 11.3 Å². The standard InChI is InChI=1S/C16H17N3O3S/c20-15(14-7-21-11-18-14)19-9-16(10-19)5-13(8-23-16)22-6-12-3-1-2-4-17-12/h1-4,7,11,13H,5-6,8-10H2/t13-/m0/s1. The van der Waals surface area contributed by atoms with Gasteiger partial charge in [-0.1, -0.05) is 6.07 Å². The number of carbonyl (C=O) groups is 1. The number of amides is 1. The largest absolute Gasteiger partial charge is 0.451 e. The highest BCUT2D eigenvalue weighted by Crippen LogP contribution is 2.46. The van der Waals surface area contributed by atoms with Gasteiger partial charge in [-0.2, -0.15) is 0 Å². The fourth-order valence-electron chi connectivity index (χ4n) is 3.09. The molecule has 0 aromatic carbocycles. The zero-order valence-electron chi connectivity index (χ0n) is 12.6. The number of nitrogens with zero attached hydrogens (tertiary/aromatic N) is 3. The van der Waals surface area contributed by atoms with Crippen molar-refractivity contribution in [2.75, 3.05) is 18.8 Å². The van der Waals surface area contributed by atoms with Gasteiger partial charge in [-0.05, 0) is 18.6 Å². The molecule has 1 atom stereocenters. The summed E-state index contributed by atoms with van der Waals surface area (Å²) in [6.45, 7) is 2.06. The Morgan fingerprint density at radius 2 is 2.35 bits per heavy atom. The van der Waals surface area contributed by atoms with Crippen molar-refractivity contribution in [3.05, 3.63) is 48.4 Å². The van der Waals surface area contributed by atoms with Gasteiger partial charge in [0.25, 0.3) is 5.91 Å². The maximum absolute atomic E-state index is 12.2. The molecule has 0 N–H and O–H groups in total. The number of hydrogen-bond acceptors (Lipinski definition) is 6. The Morgan fingerprint density at radius 1 is 1.43 bits per heavy atom. The van der Waals surface area contributed by atoms with Crippen LogP contribution in [0, 0.1) is 0 Å². The lowest BCUT2D eigenvalue weighted by Gasteiger charge is -2.47. The van der Waals surface area contributed by atoms with Gasteiger partial charge in [0.15, 0.2) is 12.1 Å². The molecule has 0 bridgehead atoms. The minimum atomic E-state index is -0.0529. The fraction of sp³-hybridized carbons (Fsp3) is 0.438. The normalized spacial score (nSPS) is 22.3. The molecule has 6 nitrogen and oxygen atoms in total. The summed E-state index contributed by atoms with van der Waals surface area (Å²) < 4.78 is 11.0. The number of ether oxygens (including phenoxy) is 1. The van der Waals surface area contributed by atoms with E-state index in [-0.39, 0.29) is 16.8 Å². The van der Waals surface area contributed by atoms with Crippen LogP contribution in [-0.4, -0.2) is 50.5 Å². The number of hydrogen-bond donors (Lipinski definition) is 0. The summed E-state index contributed by atoms with van der Waals surface area (Å²) in [6.07, 6.45) is 5.67. The second-order valence-electron chi connectivity index (χ2n) is 5.99. The number of oxazole rings is 1. The van der Waals surface area contributed by atoms with E-state index < -0.39 is 0 Å².